The van der Waals surface area contributed by atoms with Crippen molar-refractivity contribution in [3.63, 3.8) is 0 Å². The second-order valence-corrected chi connectivity index (χ2v) is 7.49. The fraction of sp³-hybridized carbons (Fsp3) is 0.938. The molecule has 1 atom stereocenters. The van der Waals surface area contributed by atoms with E-state index in [0.29, 0.717) is 12.5 Å². The van der Waals surface area contributed by atoms with E-state index in [4.69, 9.17) is 9.47 Å². The van der Waals surface area contributed by atoms with E-state index in [-0.39, 0.29) is 11.7 Å². The molecular weight excluding hydrogens is 254 g/mol. The normalized spacial score (nSPS) is 24.1. The predicted octanol–water partition coefficient (Wildman–Crippen LogP) is 3.84. The lowest BCUT2D eigenvalue weighted by atomic mass is 9.95. The van der Waals surface area contributed by atoms with Gasteiger partial charge in [0.1, 0.15) is 5.60 Å². The third-order valence-corrected chi connectivity index (χ3v) is 3.46. The van der Waals surface area contributed by atoms with E-state index in [1.165, 1.54) is 0 Å². The molecule has 0 aromatic rings. The molecule has 118 valence electrons. The number of nitrogens with zero attached hydrogens (tertiary/aromatic N) is 1. The molecule has 1 saturated heterocycles. The zero-order chi connectivity index (χ0) is 15.4. The molecule has 0 spiro atoms. The zero-order valence-corrected chi connectivity index (χ0v) is 14.0. The minimum atomic E-state index is -0.441. The van der Waals surface area contributed by atoms with Gasteiger partial charge >= 0.3 is 6.09 Å². The van der Waals surface area contributed by atoms with Crippen LogP contribution in [0.4, 0.5) is 4.79 Å². The maximum atomic E-state index is 12.1. The van der Waals surface area contributed by atoms with Crippen LogP contribution in [0, 0.1) is 5.92 Å². The molecule has 20 heavy (non-hydrogen) atoms. The van der Waals surface area contributed by atoms with Gasteiger partial charge in [0, 0.05) is 13.2 Å². The Hall–Kier alpha value is -0.770. The molecule has 4 nitrogen and oxygen atoms in total. The number of carbonyl (C=O) groups excluding carboxylic acids is 1. The van der Waals surface area contributed by atoms with Crippen molar-refractivity contribution in [2.75, 3.05) is 19.7 Å². The van der Waals surface area contributed by atoms with Gasteiger partial charge in [-0.05, 0) is 52.9 Å². The van der Waals surface area contributed by atoms with E-state index in [9.17, 15) is 4.79 Å². The van der Waals surface area contributed by atoms with Gasteiger partial charge in [-0.2, -0.15) is 0 Å². The van der Waals surface area contributed by atoms with E-state index in [2.05, 4.69) is 20.8 Å². The standard InChI is InChI=1S/C16H31NO3/c1-13(2)8-11-19-16(6)9-7-10-17(12-16)14(18)20-15(3,4)5/h13H,7-12H2,1-6H3. The van der Waals surface area contributed by atoms with Gasteiger partial charge in [0.25, 0.3) is 0 Å². The van der Waals surface area contributed by atoms with E-state index < -0.39 is 5.60 Å². The Balaban J connectivity index is 2.50. The number of amides is 1. The van der Waals surface area contributed by atoms with Crippen LogP contribution < -0.4 is 0 Å². The van der Waals surface area contributed by atoms with E-state index >= 15 is 0 Å². The Morgan fingerprint density at radius 3 is 2.55 bits per heavy atom. The Morgan fingerprint density at radius 2 is 2.00 bits per heavy atom. The molecule has 1 unspecified atom stereocenters. The molecule has 0 N–H and O–H groups in total. The summed E-state index contributed by atoms with van der Waals surface area (Å²) in [6.07, 6.45) is 2.81. The molecule has 0 aliphatic carbocycles. The zero-order valence-electron chi connectivity index (χ0n) is 14.0. The van der Waals surface area contributed by atoms with Gasteiger partial charge in [-0.15, -0.1) is 0 Å². The van der Waals surface area contributed by atoms with Crippen LogP contribution in [0.2, 0.25) is 0 Å². The first-order valence-electron chi connectivity index (χ1n) is 7.73. The van der Waals surface area contributed by atoms with Crippen LogP contribution in [0.25, 0.3) is 0 Å². The number of ether oxygens (including phenoxy) is 2. The van der Waals surface area contributed by atoms with Crippen molar-refractivity contribution in [2.24, 2.45) is 5.92 Å². The molecule has 1 aliphatic rings. The summed E-state index contributed by atoms with van der Waals surface area (Å²) in [6, 6.07) is 0. The summed E-state index contributed by atoms with van der Waals surface area (Å²) in [5, 5.41) is 0. The van der Waals surface area contributed by atoms with Crippen molar-refractivity contribution in [2.45, 2.75) is 72.0 Å². The van der Waals surface area contributed by atoms with Crippen LogP contribution in [0.5, 0.6) is 0 Å². The predicted molar refractivity (Wildman–Crippen MR) is 80.9 cm³/mol. The molecule has 1 aliphatic heterocycles. The highest BCUT2D eigenvalue weighted by molar-refractivity contribution is 5.68. The second-order valence-electron chi connectivity index (χ2n) is 7.49. The van der Waals surface area contributed by atoms with Crippen molar-refractivity contribution >= 4 is 6.09 Å². The fourth-order valence-electron chi connectivity index (χ4n) is 2.35. The minimum Gasteiger partial charge on any atom is -0.444 e. The molecule has 1 fully saturated rings. The number of carbonyl (C=O) groups is 1. The lowest BCUT2D eigenvalue weighted by Crippen LogP contribution is -2.51. The highest BCUT2D eigenvalue weighted by atomic mass is 16.6. The average Bonchev–Trinajstić information content (AvgIpc) is 2.25. The van der Waals surface area contributed by atoms with Gasteiger partial charge in [-0.25, -0.2) is 4.79 Å². The van der Waals surface area contributed by atoms with Crippen molar-refractivity contribution in [3.8, 4) is 0 Å². The van der Waals surface area contributed by atoms with Crippen LogP contribution in [0.3, 0.4) is 0 Å². The molecule has 1 heterocycles. The molecule has 0 aromatic carbocycles. The van der Waals surface area contributed by atoms with Gasteiger partial charge in [0.15, 0.2) is 0 Å². The molecule has 1 rings (SSSR count). The van der Waals surface area contributed by atoms with Gasteiger partial charge in [0.05, 0.1) is 12.1 Å². The van der Waals surface area contributed by atoms with Crippen LogP contribution in [-0.4, -0.2) is 41.9 Å². The quantitative estimate of drug-likeness (QED) is 0.787. The number of hydrogen-bond acceptors (Lipinski definition) is 3. The molecular formula is C16H31NO3. The summed E-state index contributed by atoms with van der Waals surface area (Å²) < 4.78 is 11.5. The Kier molecular flexibility index (Phi) is 5.87. The molecule has 1 amide bonds. The van der Waals surface area contributed by atoms with Gasteiger partial charge in [0.2, 0.25) is 0 Å². The van der Waals surface area contributed by atoms with E-state index in [0.717, 1.165) is 32.4 Å². The number of likely N-dealkylation sites (tertiary alicyclic amines) is 1. The van der Waals surface area contributed by atoms with E-state index in [1.807, 2.05) is 20.8 Å². The first kappa shape index (κ1) is 17.3. The molecule has 4 heteroatoms. The van der Waals surface area contributed by atoms with Crippen molar-refractivity contribution in [1.82, 2.24) is 4.90 Å². The first-order chi connectivity index (χ1) is 9.11. The summed E-state index contributed by atoms with van der Waals surface area (Å²) in [7, 11) is 0. The topological polar surface area (TPSA) is 38.8 Å². The third-order valence-electron chi connectivity index (χ3n) is 3.46. The average molecular weight is 285 g/mol. The van der Waals surface area contributed by atoms with Crippen molar-refractivity contribution < 1.29 is 14.3 Å². The molecule has 0 aromatic heterocycles. The lowest BCUT2D eigenvalue weighted by Gasteiger charge is -2.40. The molecule has 0 bridgehead atoms. The monoisotopic (exact) mass is 285 g/mol. The highest BCUT2D eigenvalue weighted by Gasteiger charge is 2.35. The summed E-state index contributed by atoms with van der Waals surface area (Å²) in [6.45, 7) is 14.3. The summed E-state index contributed by atoms with van der Waals surface area (Å²) in [5.41, 5.74) is -0.673. The summed E-state index contributed by atoms with van der Waals surface area (Å²) in [5.74, 6) is 0.643. The largest absolute Gasteiger partial charge is 0.444 e. The summed E-state index contributed by atoms with van der Waals surface area (Å²) in [4.78, 5) is 13.9. The van der Waals surface area contributed by atoms with Gasteiger partial charge in [-0.1, -0.05) is 13.8 Å². The SMILES string of the molecule is CC(C)CCOC1(C)CCCN(C(=O)OC(C)(C)C)C1. The van der Waals surface area contributed by atoms with Crippen molar-refractivity contribution in [3.05, 3.63) is 0 Å². The number of piperidine rings is 1. The Morgan fingerprint density at radius 1 is 1.35 bits per heavy atom. The van der Waals surface area contributed by atoms with Gasteiger partial charge in [-0.3, -0.25) is 0 Å². The van der Waals surface area contributed by atoms with Crippen LogP contribution in [0.1, 0.15) is 60.8 Å². The maximum absolute atomic E-state index is 12.1. The lowest BCUT2D eigenvalue weighted by molar-refractivity contribution is -0.0821. The second kappa shape index (κ2) is 6.79. The number of rotatable bonds is 4. The molecule has 0 saturated carbocycles. The fourth-order valence-corrected chi connectivity index (χ4v) is 2.35. The van der Waals surface area contributed by atoms with Crippen LogP contribution in [0.15, 0.2) is 0 Å². The summed E-state index contributed by atoms with van der Waals surface area (Å²) >= 11 is 0. The first-order valence-corrected chi connectivity index (χ1v) is 7.73. The van der Waals surface area contributed by atoms with Gasteiger partial charge < -0.3 is 14.4 Å². The maximum Gasteiger partial charge on any atom is 0.410 e. The van der Waals surface area contributed by atoms with Crippen LogP contribution >= 0.6 is 0 Å². The van der Waals surface area contributed by atoms with Crippen LogP contribution in [-0.2, 0) is 9.47 Å². The Labute approximate surface area is 123 Å². The third kappa shape index (κ3) is 6.12. The number of hydrogen-bond donors (Lipinski definition) is 0. The highest BCUT2D eigenvalue weighted by Crippen LogP contribution is 2.26. The van der Waals surface area contributed by atoms with E-state index in [1.54, 1.807) is 4.90 Å². The minimum absolute atomic E-state index is 0.226. The smallest absolute Gasteiger partial charge is 0.410 e. The Bertz CT molecular complexity index is 322. The van der Waals surface area contributed by atoms with Crippen molar-refractivity contribution in [1.29, 1.82) is 0 Å². The molecule has 0 radical (unpaired) electrons.